The third-order valence-electron chi connectivity index (χ3n) is 1.44. The molecule has 0 atom stereocenters. The molecule has 0 amide bonds. The fourth-order valence-corrected chi connectivity index (χ4v) is 2.20. The van der Waals surface area contributed by atoms with Crippen LogP contribution in [0.15, 0.2) is 27.4 Å². The first-order valence-electron chi connectivity index (χ1n) is 3.04. The zero-order chi connectivity index (χ0) is 8.77. The van der Waals surface area contributed by atoms with E-state index in [1.165, 1.54) is 12.1 Å². The maximum absolute atomic E-state index is 10.7. The maximum atomic E-state index is 10.7. The van der Waals surface area contributed by atoms with E-state index in [4.69, 9.17) is 4.19 Å². The summed E-state index contributed by atoms with van der Waals surface area (Å²) in [5, 5.41) is 0. The van der Waals surface area contributed by atoms with Crippen molar-refractivity contribution in [3.63, 3.8) is 0 Å². The molecule has 1 aromatic carbocycles. The zero-order valence-corrected chi connectivity index (χ0v) is 7.43. The summed E-state index contributed by atoms with van der Waals surface area (Å²) in [6, 6.07) is 4.28. The number of hydrogen-bond donors (Lipinski definition) is 1. The molecule has 0 unspecified atom stereocenters. The molecule has 0 saturated carbocycles. The van der Waals surface area contributed by atoms with Gasteiger partial charge in [-0.15, -0.1) is 0 Å². The Labute approximate surface area is 68.5 Å². The van der Waals surface area contributed by atoms with Gasteiger partial charge in [-0.25, -0.2) is 0 Å². The molecule has 0 spiro atoms. The molecule has 0 fully saturated rings. The summed E-state index contributed by atoms with van der Waals surface area (Å²) in [7, 11) is 0. The standard InChI is InChI=1S/C6H4O5Se/c7-12(8,9)5-3-1-2-4-6(5)11-10-4/h1-3H,(H,7,8,9). The Bertz CT molecular complexity index is 503. The molecule has 0 aliphatic carbocycles. The van der Waals surface area contributed by atoms with Crippen molar-refractivity contribution in [2.24, 2.45) is 0 Å². The molecule has 2 aromatic rings. The molecule has 2 rings (SSSR count). The van der Waals surface area contributed by atoms with Crippen LogP contribution in [0.4, 0.5) is 0 Å². The van der Waals surface area contributed by atoms with Gasteiger partial charge in [0.25, 0.3) is 0 Å². The second-order valence-corrected chi connectivity index (χ2v) is 5.14. The molecule has 6 heteroatoms. The molecular weight excluding hydrogens is 231 g/mol. The predicted octanol–water partition coefficient (Wildman–Crippen LogP) is 0.0250. The van der Waals surface area contributed by atoms with Crippen molar-refractivity contribution in [3.05, 3.63) is 18.2 Å². The average molecular weight is 235 g/mol. The Balaban J connectivity index is 2.81. The third kappa shape index (κ3) is 0.972. The summed E-state index contributed by atoms with van der Waals surface area (Å²) in [4.78, 5) is 0. The van der Waals surface area contributed by atoms with Crippen molar-refractivity contribution in [1.29, 1.82) is 0 Å². The molecule has 0 aliphatic rings. The summed E-state index contributed by atoms with van der Waals surface area (Å²) in [5.41, 5.74) is 0.416. The fraction of sp³-hybridized carbons (Fsp3) is 0. The summed E-state index contributed by atoms with van der Waals surface area (Å²) in [6.07, 6.45) is 0. The Kier molecular flexibility index (Phi) is 1.38. The molecule has 0 radical (unpaired) electrons. The van der Waals surface area contributed by atoms with Gasteiger partial charge in [0.1, 0.15) is 0 Å². The van der Waals surface area contributed by atoms with Crippen molar-refractivity contribution in [1.82, 2.24) is 0 Å². The van der Waals surface area contributed by atoms with Crippen LogP contribution >= 0.6 is 0 Å². The SMILES string of the molecule is O=[Se](=O)(O)c1cccc2ooc12. The van der Waals surface area contributed by atoms with Gasteiger partial charge in [-0.1, -0.05) is 0 Å². The van der Waals surface area contributed by atoms with Crippen molar-refractivity contribution in [2.75, 3.05) is 0 Å². The molecule has 1 N–H and O–H groups in total. The van der Waals surface area contributed by atoms with Gasteiger partial charge in [-0.3, -0.25) is 0 Å². The molecule has 1 heterocycles. The van der Waals surface area contributed by atoms with Gasteiger partial charge in [0.05, 0.1) is 0 Å². The van der Waals surface area contributed by atoms with Crippen LogP contribution in [0.2, 0.25) is 0 Å². The molecule has 12 heavy (non-hydrogen) atoms. The van der Waals surface area contributed by atoms with Gasteiger partial charge in [0.15, 0.2) is 0 Å². The Hall–Kier alpha value is -1.10. The molecule has 0 saturated heterocycles. The van der Waals surface area contributed by atoms with Crippen LogP contribution in [0, 0.1) is 0 Å². The molecule has 0 bridgehead atoms. The van der Waals surface area contributed by atoms with Crippen LogP contribution < -0.4 is 4.46 Å². The minimum atomic E-state index is -4.94. The van der Waals surface area contributed by atoms with Gasteiger partial charge in [0, 0.05) is 0 Å². The number of benzene rings is 1. The average Bonchev–Trinajstić information content (AvgIpc) is 1.88. The van der Waals surface area contributed by atoms with Crippen molar-refractivity contribution >= 4 is 28.7 Å². The van der Waals surface area contributed by atoms with E-state index in [0.717, 1.165) is 0 Å². The minimum absolute atomic E-state index is 0.0880. The van der Waals surface area contributed by atoms with Crippen LogP contribution in [0.25, 0.3) is 11.2 Å². The molecule has 1 aromatic heterocycles. The molecular formula is C6H4O5Se. The van der Waals surface area contributed by atoms with Crippen LogP contribution in [0.1, 0.15) is 0 Å². The number of rotatable bonds is 1. The predicted molar refractivity (Wildman–Crippen MR) is 37.5 cm³/mol. The van der Waals surface area contributed by atoms with E-state index in [1.54, 1.807) is 6.07 Å². The first kappa shape index (κ1) is 7.54. The van der Waals surface area contributed by atoms with Gasteiger partial charge >= 0.3 is 67.9 Å². The van der Waals surface area contributed by atoms with Gasteiger partial charge < -0.3 is 0 Å². The monoisotopic (exact) mass is 236 g/mol. The fourth-order valence-electron chi connectivity index (χ4n) is 0.899. The summed E-state index contributed by atoms with van der Waals surface area (Å²) >= 11 is -4.94. The quantitative estimate of drug-likeness (QED) is 0.556. The molecule has 5 nitrogen and oxygen atoms in total. The summed E-state index contributed by atoms with van der Waals surface area (Å²) < 4.78 is 38.9. The first-order chi connectivity index (χ1) is 5.59. The second kappa shape index (κ2) is 2.20. The first-order valence-corrected chi connectivity index (χ1v) is 6.06. The van der Waals surface area contributed by atoms with Gasteiger partial charge in [-0.05, 0) is 0 Å². The van der Waals surface area contributed by atoms with Crippen molar-refractivity contribution in [2.45, 2.75) is 0 Å². The topological polar surface area (TPSA) is 80.7 Å². The van der Waals surface area contributed by atoms with E-state index in [9.17, 15) is 7.67 Å². The van der Waals surface area contributed by atoms with E-state index in [-0.39, 0.29) is 10.0 Å². The van der Waals surface area contributed by atoms with E-state index in [0.29, 0.717) is 5.58 Å². The van der Waals surface area contributed by atoms with Crippen molar-refractivity contribution in [3.8, 4) is 0 Å². The molecule has 64 valence electrons. The zero-order valence-electron chi connectivity index (χ0n) is 5.72. The molecule has 0 aliphatic heterocycles. The van der Waals surface area contributed by atoms with Crippen LogP contribution in [0.3, 0.4) is 0 Å². The Morgan fingerprint density at radius 1 is 1.25 bits per heavy atom. The van der Waals surface area contributed by atoms with E-state index < -0.39 is 13.0 Å². The van der Waals surface area contributed by atoms with Crippen LogP contribution in [-0.4, -0.2) is 17.2 Å². The Morgan fingerprint density at radius 3 is 2.42 bits per heavy atom. The summed E-state index contributed by atoms with van der Waals surface area (Å²) in [6.45, 7) is 0. The van der Waals surface area contributed by atoms with E-state index in [1.807, 2.05) is 0 Å². The van der Waals surface area contributed by atoms with Crippen LogP contribution in [-0.2, 0) is 7.67 Å². The number of para-hydroxylation sites is 1. The second-order valence-electron chi connectivity index (χ2n) is 2.23. The van der Waals surface area contributed by atoms with E-state index >= 15 is 0 Å². The number of fused-ring (bicyclic) bond motifs is 1. The number of hydrogen-bond acceptors (Lipinski definition) is 4. The third-order valence-corrected chi connectivity index (χ3v) is 3.28. The summed E-state index contributed by atoms with van der Waals surface area (Å²) in [5.74, 6) is 0. The van der Waals surface area contributed by atoms with Gasteiger partial charge in [-0.2, -0.15) is 0 Å². The Morgan fingerprint density at radius 2 is 2.00 bits per heavy atom. The van der Waals surface area contributed by atoms with Crippen LogP contribution in [0.5, 0.6) is 0 Å². The normalized spacial score (nSPS) is 12.4. The van der Waals surface area contributed by atoms with E-state index in [2.05, 4.69) is 9.15 Å². The van der Waals surface area contributed by atoms with Crippen molar-refractivity contribution < 1.29 is 21.0 Å². The van der Waals surface area contributed by atoms with Gasteiger partial charge in [0.2, 0.25) is 0 Å².